The highest BCUT2D eigenvalue weighted by molar-refractivity contribution is 7.99. The maximum absolute atomic E-state index is 4.72. The number of thioether (sulfide) groups is 1. The molecule has 1 aromatic rings. The Balaban J connectivity index is 1.61. The van der Waals surface area contributed by atoms with Crippen LogP contribution in [0, 0.1) is 0 Å². The minimum atomic E-state index is 0.588. The lowest BCUT2D eigenvalue weighted by Gasteiger charge is -2.32. The van der Waals surface area contributed by atoms with Gasteiger partial charge in [-0.1, -0.05) is 31.7 Å². The third kappa shape index (κ3) is 3.56. The number of likely N-dealkylation sites (tertiary alicyclic amines) is 1. The fourth-order valence-electron chi connectivity index (χ4n) is 3.51. The average molecular weight is 290 g/mol. The van der Waals surface area contributed by atoms with Crippen molar-refractivity contribution < 1.29 is 0 Å². The van der Waals surface area contributed by atoms with Gasteiger partial charge in [0.05, 0.1) is 5.03 Å². The molecular weight excluding hydrogens is 264 g/mol. The smallest absolute Gasteiger partial charge is 0.0962 e. The van der Waals surface area contributed by atoms with Crippen LogP contribution in [-0.4, -0.2) is 28.7 Å². The Kier molecular flexibility index (Phi) is 5.00. The summed E-state index contributed by atoms with van der Waals surface area (Å²) in [6, 6.07) is 5.15. The summed E-state index contributed by atoms with van der Waals surface area (Å²) < 4.78 is 0. The summed E-state index contributed by atoms with van der Waals surface area (Å²) in [5.41, 5.74) is 1.40. The summed E-state index contributed by atoms with van der Waals surface area (Å²) in [5.74, 6) is 0. The fraction of sp³-hybridized carbons (Fsp3) is 0.706. The molecule has 3 heteroatoms. The maximum atomic E-state index is 4.72. The third-order valence-electron chi connectivity index (χ3n) is 4.75. The van der Waals surface area contributed by atoms with Gasteiger partial charge >= 0.3 is 0 Å². The van der Waals surface area contributed by atoms with E-state index in [1.54, 1.807) is 0 Å². The van der Waals surface area contributed by atoms with Crippen molar-refractivity contribution in [2.45, 2.75) is 67.7 Å². The van der Waals surface area contributed by atoms with Crippen LogP contribution in [0.25, 0.3) is 0 Å². The lowest BCUT2D eigenvalue weighted by molar-refractivity contribution is 0.187. The summed E-state index contributed by atoms with van der Waals surface area (Å²) in [5, 5.41) is 2.03. The van der Waals surface area contributed by atoms with E-state index in [9.17, 15) is 0 Å². The van der Waals surface area contributed by atoms with E-state index in [1.165, 1.54) is 68.5 Å². The molecule has 1 aliphatic carbocycles. The van der Waals surface area contributed by atoms with Gasteiger partial charge in [0, 0.05) is 17.5 Å². The van der Waals surface area contributed by atoms with E-state index in [0.29, 0.717) is 6.04 Å². The van der Waals surface area contributed by atoms with Crippen LogP contribution in [-0.2, 0) is 0 Å². The quantitative estimate of drug-likeness (QED) is 0.805. The van der Waals surface area contributed by atoms with Crippen molar-refractivity contribution in [2.75, 3.05) is 13.6 Å². The summed E-state index contributed by atoms with van der Waals surface area (Å²) in [6.07, 6.45) is 13.1. The van der Waals surface area contributed by atoms with Gasteiger partial charge in [-0.2, -0.15) is 0 Å². The molecule has 1 atom stereocenters. The highest BCUT2D eigenvalue weighted by atomic mass is 32.2. The molecule has 0 amide bonds. The highest BCUT2D eigenvalue weighted by Gasteiger charge is 2.21. The predicted molar refractivity (Wildman–Crippen MR) is 86.2 cm³/mol. The minimum Gasteiger partial charge on any atom is -0.299 e. The zero-order valence-electron chi connectivity index (χ0n) is 12.6. The van der Waals surface area contributed by atoms with Crippen molar-refractivity contribution in [2.24, 2.45) is 0 Å². The SMILES string of the molecule is CN1CCCC[C@@H]1c1ccc(SC2CCCCC2)nc1. The summed E-state index contributed by atoms with van der Waals surface area (Å²) in [6.45, 7) is 1.23. The minimum absolute atomic E-state index is 0.588. The Bertz CT molecular complexity index is 412. The molecular formula is C17H26N2S. The molecule has 1 aromatic heterocycles. The largest absolute Gasteiger partial charge is 0.299 e. The van der Waals surface area contributed by atoms with Gasteiger partial charge in [-0.3, -0.25) is 4.90 Å². The Hall–Kier alpha value is -0.540. The summed E-state index contributed by atoms with van der Waals surface area (Å²) in [7, 11) is 2.24. The first-order valence-corrected chi connectivity index (χ1v) is 9.04. The predicted octanol–water partition coefficient (Wildman–Crippen LogP) is 4.66. The molecule has 1 aliphatic heterocycles. The molecule has 3 rings (SSSR count). The molecule has 0 radical (unpaired) electrons. The van der Waals surface area contributed by atoms with Gasteiger partial charge in [0.2, 0.25) is 0 Å². The fourth-order valence-corrected chi connectivity index (χ4v) is 4.68. The van der Waals surface area contributed by atoms with E-state index in [-0.39, 0.29) is 0 Å². The molecule has 2 aliphatic rings. The Morgan fingerprint density at radius 2 is 1.85 bits per heavy atom. The van der Waals surface area contributed by atoms with E-state index < -0.39 is 0 Å². The van der Waals surface area contributed by atoms with Gasteiger partial charge in [-0.15, -0.1) is 11.8 Å². The van der Waals surface area contributed by atoms with E-state index >= 15 is 0 Å². The molecule has 0 aromatic carbocycles. The number of piperidine rings is 1. The average Bonchev–Trinajstić information content (AvgIpc) is 2.50. The molecule has 20 heavy (non-hydrogen) atoms. The van der Waals surface area contributed by atoms with Crippen LogP contribution in [0.15, 0.2) is 23.4 Å². The van der Waals surface area contributed by atoms with Crippen molar-refractivity contribution >= 4 is 11.8 Å². The van der Waals surface area contributed by atoms with Crippen molar-refractivity contribution in [3.05, 3.63) is 23.9 Å². The van der Waals surface area contributed by atoms with Crippen molar-refractivity contribution in [3.63, 3.8) is 0 Å². The first kappa shape index (κ1) is 14.4. The molecule has 0 N–H and O–H groups in total. The van der Waals surface area contributed by atoms with E-state index in [2.05, 4.69) is 30.3 Å². The molecule has 0 bridgehead atoms. The molecule has 2 nitrogen and oxygen atoms in total. The van der Waals surface area contributed by atoms with Gasteiger partial charge in [0.1, 0.15) is 0 Å². The number of aromatic nitrogens is 1. The topological polar surface area (TPSA) is 16.1 Å². The monoisotopic (exact) mass is 290 g/mol. The number of hydrogen-bond acceptors (Lipinski definition) is 3. The number of nitrogens with zero attached hydrogens (tertiary/aromatic N) is 2. The van der Waals surface area contributed by atoms with Crippen molar-refractivity contribution in [3.8, 4) is 0 Å². The molecule has 1 saturated carbocycles. The Labute approximate surface area is 127 Å². The van der Waals surface area contributed by atoms with Crippen LogP contribution < -0.4 is 0 Å². The third-order valence-corrected chi connectivity index (χ3v) is 6.04. The first-order chi connectivity index (χ1) is 9.83. The zero-order valence-corrected chi connectivity index (χ0v) is 13.4. The van der Waals surface area contributed by atoms with E-state index in [4.69, 9.17) is 4.98 Å². The van der Waals surface area contributed by atoms with E-state index in [0.717, 1.165) is 5.25 Å². The van der Waals surface area contributed by atoms with Gasteiger partial charge in [0.15, 0.2) is 0 Å². The van der Waals surface area contributed by atoms with Crippen LogP contribution in [0.2, 0.25) is 0 Å². The lowest BCUT2D eigenvalue weighted by atomic mass is 9.97. The second-order valence-corrected chi connectivity index (χ2v) is 7.62. The summed E-state index contributed by atoms with van der Waals surface area (Å²) in [4.78, 5) is 7.20. The highest BCUT2D eigenvalue weighted by Crippen LogP contribution is 2.34. The van der Waals surface area contributed by atoms with Crippen molar-refractivity contribution in [1.82, 2.24) is 9.88 Å². The summed E-state index contributed by atoms with van der Waals surface area (Å²) >= 11 is 2.00. The van der Waals surface area contributed by atoms with Crippen molar-refractivity contribution in [1.29, 1.82) is 0 Å². The lowest BCUT2D eigenvalue weighted by Crippen LogP contribution is -2.29. The standard InChI is InChI=1S/C17H26N2S/c1-19-12-6-5-9-16(19)14-10-11-17(18-13-14)20-15-7-3-2-4-8-15/h10-11,13,15-16H,2-9,12H2,1H3/t16-/m1/s1. The number of pyridine rings is 1. The van der Waals surface area contributed by atoms with Gasteiger partial charge < -0.3 is 0 Å². The molecule has 0 unspecified atom stereocenters. The number of hydrogen-bond donors (Lipinski definition) is 0. The normalized spacial score (nSPS) is 25.8. The molecule has 110 valence electrons. The zero-order chi connectivity index (χ0) is 13.8. The maximum Gasteiger partial charge on any atom is 0.0962 e. The number of rotatable bonds is 3. The van der Waals surface area contributed by atoms with Gasteiger partial charge in [-0.25, -0.2) is 4.98 Å². The molecule has 2 fully saturated rings. The first-order valence-electron chi connectivity index (χ1n) is 8.16. The van der Waals surface area contributed by atoms with Gasteiger partial charge in [0.25, 0.3) is 0 Å². The van der Waals surface area contributed by atoms with Crippen LogP contribution >= 0.6 is 11.8 Å². The van der Waals surface area contributed by atoms with Crippen LogP contribution in [0.4, 0.5) is 0 Å². The van der Waals surface area contributed by atoms with Crippen LogP contribution in [0.3, 0.4) is 0 Å². The Morgan fingerprint density at radius 3 is 2.55 bits per heavy atom. The van der Waals surface area contributed by atoms with Crippen LogP contribution in [0.1, 0.15) is 63.0 Å². The second kappa shape index (κ2) is 6.95. The van der Waals surface area contributed by atoms with Gasteiger partial charge in [-0.05, 0) is 50.9 Å². The second-order valence-electron chi connectivity index (χ2n) is 6.30. The molecule has 2 heterocycles. The van der Waals surface area contributed by atoms with Crippen LogP contribution in [0.5, 0.6) is 0 Å². The Morgan fingerprint density at radius 1 is 1.05 bits per heavy atom. The molecule has 1 saturated heterocycles. The molecule has 0 spiro atoms. The van der Waals surface area contributed by atoms with E-state index in [1.807, 2.05) is 11.8 Å².